The molecule has 1 aromatic carbocycles. The zero-order valence-electron chi connectivity index (χ0n) is 15.0. The minimum absolute atomic E-state index is 0.00337. The molecule has 28 heavy (non-hydrogen) atoms. The van der Waals surface area contributed by atoms with Gasteiger partial charge >= 0.3 is 6.18 Å². The summed E-state index contributed by atoms with van der Waals surface area (Å²) in [5.41, 5.74) is 6.09. The highest BCUT2D eigenvalue weighted by molar-refractivity contribution is 6.33. The second kappa shape index (κ2) is 8.49. The number of hydrogen-bond donors (Lipinski definition) is 2. The molecule has 0 spiro atoms. The first-order valence-corrected chi connectivity index (χ1v) is 9.47. The number of amides is 1. The molecule has 1 aromatic heterocycles. The van der Waals surface area contributed by atoms with Gasteiger partial charge in [0.25, 0.3) is 5.91 Å². The van der Waals surface area contributed by atoms with Crippen molar-refractivity contribution in [3.8, 4) is 0 Å². The Kier molecular flexibility index (Phi) is 6.25. The highest BCUT2D eigenvalue weighted by Gasteiger charge is 2.32. The van der Waals surface area contributed by atoms with Crippen LogP contribution in [0.15, 0.2) is 42.6 Å². The van der Waals surface area contributed by atoms with Crippen LogP contribution in [0.25, 0.3) is 0 Å². The Balaban J connectivity index is 1.60. The number of hydrogen-bond acceptors (Lipinski definition) is 3. The molecule has 3 rings (SSSR count). The quantitative estimate of drug-likeness (QED) is 0.763. The summed E-state index contributed by atoms with van der Waals surface area (Å²) >= 11 is 5.94. The zero-order valence-corrected chi connectivity index (χ0v) is 15.8. The lowest BCUT2D eigenvalue weighted by atomic mass is 9.80. The first-order valence-electron chi connectivity index (χ1n) is 9.10. The van der Waals surface area contributed by atoms with Gasteiger partial charge in [0.2, 0.25) is 0 Å². The average molecular weight is 412 g/mol. The van der Waals surface area contributed by atoms with Crippen molar-refractivity contribution >= 4 is 17.5 Å². The fraction of sp³-hybridized carbons (Fsp3) is 0.400. The number of alkyl halides is 3. The molecule has 0 aliphatic heterocycles. The summed E-state index contributed by atoms with van der Waals surface area (Å²) in [6.07, 6.45) is 0.193. The van der Waals surface area contributed by atoms with Crippen molar-refractivity contribution in [2.24, 2.45) is 11.7 Å². The lowest BCUT2D eigenvalue weighted by Crippen LogP contribution is -2.39. The Morgan fingerprint density at radius 1 is 1.18 bits per heavy atom. The minimum atomic E-state index is -4.53. The number of nitrogens with one attached hydrogen (secondary N) is 1. The van der Waals surface area contributed by atoms with E-state index in [1.807, 2.05) is 18.2 Å². The van der Waals surface area contributed by atoms with Crippen LogP contribution in [0.2, 0.25) is 5.02 Å². The van der Waals surface area contributed by atoms with E-state index in [9.17, 15) is 18.0 Å². The van der Waals surface area contributed by atoms with Gasteiger partial charge in [0.1, 0.15) is 0 Å². The van der Waals surface area contributed by atoms with Gasteiger partial charge in [0.15, 0.2) is 0 Å². The predicted octanol–water partition coefficient (Wildman–Crippen LogP) is 4.74. The number of pyridine rings is 1. The highest BCUT2D eigenvalue weighted by atomic mass is 35.5. The SMILES string of the molecule is NC(c1ccccn1)C1CCC(NC(=O)c2cc(C(F)(F)F)ccc2Cl)CC1. The molecule has 1 aliphatic rings. The summed E-state index contributed by atoms with van der Waals surface area (Å²) in [6.45, 7) is 0. The Morgan fingerprint density at radius 2 is 1.89 bits per heavy atom. The third kappa shape index (κ3) is 4.83. The van der Waals surface area contributed by atoms with Gasteiger partial charge in [-0.1, -0.05) is 17.7 Å². The number of carbonyl (C=O) groups is 1. The number of aromatic nitrogens is 1. The molecule has 3 N–H and O–H groups in total. The first kappa shape index (κ1) is 20.6. The third-order valence-electron chi connectivity index (χ3n) is 5.18. The zero-order chi connectivity index (χ0) is 20.3. The van der Waals surface area contributed by atoms with E-state index >= 15 is 0 Å². The van der Waals surface area contributed by atoms with Gasteiger partial charge in [-0.05, 0) is 61.9 Å². The topological polar surface area (TPSA) is 68.0 Å². The summed E-state index contributed by atoms with van der Waals surface area (Å²) < 4.78 is 38.7. The molecule has 1 aliphatic carbocycles. The Hall–Kier alpha value is -2.12. The van der Waals surface area contributed by atoms with Crippen molar-refractivity contribution in [2.45, 2.75) is 43.9 Å². The molecule has 150 valence electrons. The third-order valence-corrected chi connectivity index (χ3v) is 5.51. The normalized spacial score (nSPS) is 21.2. The van der Waals surface area contributed by atoms with E-state index in [0.717, 1.165) is 36.7 Å². The monoisotopic (exact) mass is 411 g/mol. The van der Waals surface area contributed by atoms with Crippen molar-refractivity contribution in [1.29, 1.82) is 0 Å². The van der Waals surface area contributed by atoms with Crippen LogP contribution in [-0.2, 0) is 6.18 Å². The van der Waals surface area contributed by atoms with Crippen molar-refractivity contribution in [3.05, 3.63) is 64.4 Å². The molecule has 8 heteroatoms. The summed E-state index contributed by atoms with van der Waals surface area (Å²) in [7, 11) is 0. The number of nitrogens with zero attached hydrogens (tertiary/aromatic N) is 1. The van der Waals surface area contributed by atoms with Crippen LogP contribution in [0, 0.1) is 5.92 Å². The molecule has 4 nitrogen and oxygen atoms in total. The lowest BCUT2D eigenvalue weighted by Gasteiger charge is -2.32. The summed E-state index contributed by atoms with van der Waals surface area (Å²) in [6, 6.07) is 8.09. The van der Waals surface area contributed by atoms with E-state index in [1.165, 1.54) is 0 Å². The molecule has 1 heterocycles. The fourth-order valence-electron chi connectivity index (χ4n) is 3.58. The van der Waals surface area contributed by atoms with Crippen molar-refractivity contribution in [2.75, 3.05) is 0 Å². The van der Waals surface area contributed by atoms with E-state index in [4.69, 9.17) is 17.3 Å². The molecule has 1 saturated carbocycles. The van der Waals surface area contributed by atoms with E-state index in [0.29, 0.717) is 12.8 Å². The highest BCUT2D eigenvalue weighted by Crippen LogP contribution is 2.34. The van der Waals surface area contributed by atoms with Crippen LogP contribution in [0.4, 0.5) is 13.2 Å². The molecular weight excluding hydrogens is 391 g/mol. The molecule has 1 fully saturated rings. The van der Waals surface area contributed by atoms with Crippen molar-refractivity contribution in [1.82, 2.24) is 10.3 Å². The number of nitrogens with two attached hydrogens (primary N) is 1. The van der Waals surface area contributed by atoms with E-state index in [2.05, 4.69) is 10.3 Å². The van der Waals surface area contributed by atoms with E-state index in [-0.39, 0.29) is 28.6 Å². The molecule has 2 aromatic rings. The first-order chi connectivity index (χ1) is 13.3. The Labute approximate surface area is 166 Å². The maximum Gasteiger partial charge on any atom is 0.416 e. The van der Waals surface area contributed by atoms with Gasteiger partial charge in [-0.2, -0.15) is 13.2 Å². The van der Waals surface area contributed by atoms with Gasteiger partial charge in [-0.3, -0.25) is 9.78 Å². The van der Waals surface area contributed by atoms with Gasteiger partial charge in [0.05, 0.1) is 21.8 Å². The minimum Gasteiger partial charge on any atom is -0.349 e. The average Bonchev–Trinajstić information content (AvgIpc) is 2.68. The molecule has 1 unspecified atom stereocenters. The van der Waals surface area contributed by atoms with Gasteiger partial charge in [-0.25, -0.2) is 0 Å². The predicted molar refractivity (Wildman–Crippen MR) is 101 cm³/mol. The van der Waals surface area contributed by atoms with E-state index in [1.54, 1.807) is 6.20 Å². The molecule has 0 bridgehead atoms. The number of halogens is 4. The number of carbonyl (C=O) groups excluding carboxylic acids is 1. The maximum atomic E-state index is 12.9. The van der Waals surface area contributed by atoms with E-state index < -0.39 is 17.6 Å². The summed E-state index contributed by atoms with van der Waals surface area (Å²) in [5.74, 6) is -0.339. The summed E-state index contributed by atoms with van der Waals surface area (Å²) in [5, 5.41) is 2.80. The van der Waals surface area contributed by atoms with Crippen LogP contribution in [0.3, 0.4) is 0 Å². The van der Waals surface area contributed by atoms with Crippen LogP contribution in [-0.4, -0.2) is 16.9 Å². The van der Waals surface area contributed by atoms with Gasteiger partial charge in [0, 0.05) is 18.3 Å². The maximum absolute atomic E-state index is 12.9. The van der Waals surface area contributed by atoms with Crippen LogP contribution >= 0.6 is 11.6 Å². The molecule has 0 saturated heterocycles. The van der Waals surface area contributed by atoms with Crippen LogP contribution in [0.5, 0.6) is 0 Å². The second-order valence-electron chi connectivity index (χ2n) is 7.06. The van der Waals surface area contributed by atoms with Crippen LogP contribution < -0.4 is 11.1 Å². The smallest absolute Gasteiger partial charge is 0.349 e. The number of benzene rings is 1. The van der Waals surface area contributed by atoms with Gasteiger partial charge in [-0.15, -0.1) is 0 Å². The largest absolute Gasteiger partial charge is 0.416 e. The Bertz CT molecular complexity index is 821. The standard InChI is InChI=1S/C20H21ClF3N3O/c21-16-9-6-13(20(22,23)24)11-15(16)19(28)27-14-7-4-12(5-8-14)18(25)17-3-1-2-10-26-17/h1-3,6,9-12,14,18H,4-5,7-8,25H2,(H,27,28). The second-order valence-corrected chi connectivity index (χ2v) is 7.47. The number of rotatable bonds is 4. The van der Waals surface area contributed by atoms with Crippen molar-refractivity contribution in [3.63, 3.8) is 0 Å². The summed E-state index contributed by atoms with van der Waals surface area (Å²) in [4.78, 5) is 16.7. The Morgan fingerprint density at radius 3 is 2.50 bits per heavy atom. The lowest BCUT2D eigenvalue weighted by molar-refractivity contribution is -0.137. The van der Waals surface area contributed by atoms with Crippen molar-refractivity contribution < 1.29 is 18.0 Å². The van der Waals surface area contributed by atoms with Crippen LogP contribution in [0.1, 0.15) is 53.3 Å². The molecular formula is C20H21ClF3N3O. The molecule has 1 atom stereocenters. The van der Waals surface area contributed by atoms with Gasteiger partial charge < -0.3 is 11.1 Å². The molecule has 1 amide bonds. The molecule has 0 radical (unpaired) electrons. The fourth-order valence-corrected chi connectivity index (χ4v) is 3.78.